The molecule has 2 aromatic carbocycles. The third kappa shape index (κ3) is 11.5. The molecule has 0 saturated heterocycles. The minimum absolute atomic E-state index is 0.111. The zero-order chi connectivity index (χ0) is 29.5. The zero-order valence-electron chi connectivity index (χ0n) is 23.7. The molecule has 2 amide bonds. The van der Waals surface area contributed by atoms with Crippen LogP contribution in [0, 0.1) is 20.8 Å². The van der Waals surface area contributed by atoms with Gasteiger partial charge in [-0.1, -0.05) is 49.7 Å². The van der Waals surface area contributed by atoms with Crippen molar-refractivity contribution in [3.05, 3.63) is 76.9 Å². The fourth-order valence-electron chi connectivity index (χ4n) is 4.11. The molecule has 2 aromatic rings. The third-order valence-corrected chi connectivity index (χ3v) is 6.19. The van der Waals surface area contributed by atoms with E-state index in [1.807, 2.05) is 45.9 Å². The van der Waals surface area contributed by atoms with Gasteiger partial charge in [0.25, 0.3) is 5.91 Å². The second kappa shape index (κ2) is 16.8. The maximum absolute atomic E-state index is 13.3. The van der Waals surface area contributed by atoms with Crippen LogP contribution in [0.15, 0.2) is 54.6 Å². The van der Waals surface area contributed by atoms with Gasteiger partial charge in [0.05, 0.1) is 0 Å². The number of carbonyl (C=O) groups is 4. The summed E-state index contributed by atoms with van der Waals surface area (Å²) in [5.41, 5.74) is 4.66. The summed E-state index contributed by atoms with van der Waals surface area (Å²) >= 11 is 0. The Morgan fingerprint density at radius 3 is 1.85 bits per heavy atom. The van der Waals surface area contributed by atoms with Crippen molar-refractivity contribution in [3.8, 4) is 0 Å². The second-order valence-corrected chi connectivity index (χ2v) is 9.19. The van der Waals surface area contributed by atoms with Gasteiger partial charge in [-0.15, -0.1) is 0 Å². The number of benzene rings is 2. The number of nitrogens with one attached hydrogen (secondary N) is 1. The zero-order valence-corrected chi connectivity index (χ0v) is 23.7. The molecule has 9 nitrogen and oxygen atoms in total. The SMILES string of the molecule is CCN(CC)CCCN(C(=O)c1ccccc1)C(C)C(=O)Nc1c(C)cc(C)cc1C.O=C(O)/C=C/C(=O)O. The summed E-state index contributed by atoms with van der Waals surface area (Å²) in [5, 5.41) is 18.7. The fourth-order valence-corrected chi connectivity index (χ4v) is 4.11. The third-order valence-electron chi connectivity index (χ3n) is 6.19. The minimum Gasteiger partial charge on any atom is -0.478 e. The Balaban J connectivity index is 0.000000824. The van der Waals surface area contributed by atoms with Gasteiger partial charge in [-0.25, -0.2) is 9.59 Å². The van der Waals surface area contributed by atoms with Crippen LogP contribution < -0.4 is 5.32 Å². The Morgan fingerprint density at radius 2 is 1.38 bits per heavy atom. The molecule has 212 valence electrons. The predicted molar refractivity (Wildman–Crippen MR) is 153 cm³/mol. The average Bonchev–Trinajstić information content (AvgIpc) is 2.89. The smallest absolute Gasteiger partial charge is 0.328 e. The monoisotopic (exact) mass is 539 g/mol. The van der Waals surface area contributed by atoms with Crippen molar-refractivity contribution in [3.63, 3.8) is 0 Å². The molecule has 0 aliphatic rings. The maximum atomic E-state index is 13.3. The molecule has 9 heteroatoms. The lowest BCUT2D eigenvalue weighted by molar-refractivity contribution is -0.134. The molecule has 0 heterocycles. The van der Waals surface area contributed by atoms with E-state index in [2.05, 4.69) is 36.2 Å². The molecular weight excluding hydrogens is 498 g/mol. The number of aryl methyl sites for hydroxylation is 3. The molecule has 0 aromatic heterocycles. The minimum atomic E-state index is -1.26. The van der Waals surface area contributed by atoms with Gasteiger partial charge in [-0.2, -0.15) is 0 Å². The standard InChI is InChI=1S/C26H37N3O2.C4H4O4/c1-7-28(8-2)15-12-16-29(26(31)23-13-10-9-11-14-23)22(6)25(30)27-24-20(4)17-19(3)18-21(24)5;5-3(6)1-2-4(7)8/h9-11,13-14,17-18,22H,7-8,12,15-16H2,1-6H3,(H,27,30);1-2H,(H,5,6)(H,7,8)/b;2-1+. The molecule has 0 spiro atoms. The number of nitrogens with zero attached hydrogens (tertiary/aromatic N) is 2. The highest BCUT2D eigenvalue weighted by Crippen LogP contribution is 2.23. The lowest BCUT2D eigenvalue weighted by atomic mass is 10.0. The van der Waals surface area contributed by atoms with Crippen molar-refractivity contribution in [1.29, 1.82) is 0 Å². The van der Waals surface area contributed by atoms with E-state index in [-0.39, 0.29) is 11.8 Å². The molecule has 2 rings (SSSR count). The highest BCUT2D eigenvalue weighted by Gasteiger charge is 2.27. The molecule has 3 N–H and O–H groups in total. The van der Waals surface area contributed by atoms with E-state index >= 15 is 0 Å². The van der Waals surface area contributed by atoms with Crippen LogP contribution in [0.3, 0.4) is 0 Å². The van der Waals surface area contributed by atoms with Crippen LogP contribution in [0.4, 0.5) is 5.69 Å². The van der Waals surface area contributed by atoms with E-state index in [1.54, 1.807) is 17.0 Å². The molecule has 39 heavy (non-hydrogen) atoms. The summed E-state index contributed by atoms with van der Waals surface area (Å²) in [7, 11) is 0. The first-order chi connectivity index (χ1) is 18.4. The van der Waals surface area contributed by atoms with Crippen molar-refractivity contribution in [2.75, 3.05) is 31.5 Å². The van der Waals surface area contributed by atoms with Crippen LogP contribution in [0.5, 0.6) is 0 Å². The van der Waals surface area contributed by atoms with Crippen LogP contribution in [0.2, 0.25) is 0 Å². The number of carboxylic acid groups (broad SMARTS) is 2. The van der Waals surface area contributed by atoms with E-state index in [0.717, 1.165) is 42.9 Å². The molecule has 1 atom stereocenters. The van der Waals surface area contributed by atoms with Crippen molar-refractivity contribution in [1.82, 2.24) is 9.80 Å². The number of anilines is 1. The fraction of sp³-hybridized carbons (Fsp3) is 0.400. The Bertz CT molecular complexity index is 1100. The Labute approximate surface area is 231 Å². The molecule has 0 aliphatic carbocycles. The highest BCUT2D eigenvalue weighted by atomic mass is 16.4. The van der Waals surface area contributed by atoms with Gasteiger partial charge in [0.2, 0.25) is 5.91 Å². The summed E-state index contributed by atoms with van der Waals surface area (Å²) in [5.74, 6) is -2.79. The molecule has 0 aliphatic heterocycles. The summed E-state index contributed by atoms with van der Waals surface area (Å²) < 4.78 is 0. The molecule has 0 saturated carbocycles. The highest BCUT2D eigenvalue weighted by molar-refractivity contribution is 6.01. The van der Waals surface area contributed by atoms with Crippen LogP contribution in [0.1, 0.15) is 54.2 Å². The first kappa shape index (κ1) is 33.0. The van der Waals surface area contributed by atoms with Gasteiger partial charge < -0.3 is 25.3 Å². The van der Waals surface area contributed by atoms with Gasteiger partial charge in [0, 0.05) is 29.9 Å². The number of rotatable bonds is 12. The lowest BCUT2D eigenvalue weighted by Gasteiger charge is -2.30. The van der Waals surface area contributed by atoms with Crippen molar-refractivity contribution >= 4 is 29.4 Å². The number of hydrogen-bond donors (Lipinski definition) is 3. The van der Waals surface area contributed by atoms with Crippen molar-refractivity contribution in [2.45, 2.75) is 54.0 Å². The Kier molecular flexibility index (Phi) is 14.2. The quantitative estimate of drug-likeness (QED) is 0.338. The van der Waals surface area contributed by atoms with Gasteiger partial charge in [0.1, 0.15) is 6.04 Å². The van der Waals surface area contributed by atoms with Crippen molar-refractivity contribution < 1.29 is 29.4 Å². The Hall–Kier alpha value is -3.98. The van der Waals surface area contributed by atoms with Gasteiger partial charge in [-0.3, -0.25) is 9.59 Å². The summed E-state index contributed by atoms with van der Waals surface area (Å²) in [6.07, 6.45) is 1.94. The number of hydrogen-bond acceptors (Lipinski definition) is 5. The van der Waals surface area contributed by atoms with E-state index in [1.165, 1.54) is 5.56 Å². The van der Waals surface area contributed by atoms with Crippen LogP contribution in [-0.2, 0) is 14.4 Å². The first-order valence-electron chi connectivity index (χ1n) is 13.0. The summed E-state index contributed by atoms with van der Waals surface area (Å²) in [4.78, 5) is 49.6. The largest absolute Gasteiger partial charge is 0.478 e. The second-order valence-electron chi connectivity index (χ2n) is 9.19. The van der Waals surface area contributed by atoms with E-state index < -0.39 is 18.0 Å². The first-order valence-corrected chi connectivity index (χ1v) is 13.0. The maximum Gasteiger partial charge on any atom is 0.328 e. The van der Waals surface area contributed by atoms with E-state index in [9.17, 15) is 19.2 Å². The Morgan fingerprint density at radius 1 is 0.872 bits per heavy atom. The number of carboxylic acids is 2. The van der Waals surface area contributed by atoms with E-state index in [4.69, 9.17) is 10.2 Å². The van der Waals surface area contributed by atoms with Gasteiger partial charge in [-0.05, 0) is 77.0 Å². The van der Waals surface area contributed by atoms with Gasteiger partial charge in [0.15, 0.2) is 0 Å². The summed E-state index contributed by atoms with van der Waals surface area (Å²) in [6, 6.07) is 12.7. The normalized spacial score (nSPS) is 11.5. The molecular formula is C30H41N3O6. The summed E-state index contributed by atoms with van der Waals surface area (Å²) in [6.45, 7) is 15.5. The van der Waals surface area contributed by atoms with Crippen LogP contribution >= 0.6 is 0 Å². The molecule has 1 unspecified atom stereocenters. The average molecular weight is 540 g/mol. The lowest BCUT2D eigenvalue weighted by Crippen LogP contribution is -2.46. The predicted octanol–water partition coefficient (Wildman–Crippen LogP) is 4.52. The van der Waals surface area contributed by atoms with Crippen molar-refractivity contribution in [2.24, 2.45) is 0 Å². The number of aliphatic carboxylic acids is 2. The molecule has 0 bridgehead atoms. The van der Waals surface area contributed by atoms with E-state index in [0.29, 0.717) is 24.3 Å². The van der Waals surface area contributed by atoms with Crippen LogP contribution in [-0.4, -0.2) is 76.0 Å². The number of carbonyl (C=O) groups excluding carboxylic acids is 2. The number of amides is 2. The van der Waals surface area contributed by atoms with Crippen LogP contribution in [0.25, 0.3) is 0 Å². The molecule has 0 radical (unpaired) electrons. The topological polar surface area (TPSA) is 127 Å². The molecule has 0 fully saturated rings. The van der Waals surface area contributed by atoms with Gasteiger partial charge >= 0.3 is 11.9 Å².